The average Bonchev–Trinajstić information content (AvgIpc) is 2.74. The first-order chi connectivity index (χ1) is 8.03. The van der Waals surface area contributed by atoms with Crippen molar-refractivity contribution in [1.82, 2.24) is 14.5 Å². The molecule has 0 spiro atoms. The van der Waals surface area contributed by atoms with Crippen LogP contribution in [0.25, 0.3) is 0 Å². The van der Waals surface area contributed by atoms with E-state index in [-0.39, 0.29) is 5.91 Å². The molecule has 94 valence electrons. The summed E-state index contributed by atoms with van der Waals surface area (Å²) in [5.41, 5.74) is -0.0106. The number of aryl methyl sites for hydroxylation is 1. The van der Waals surface area contributed by atoms with E-state index in [0.717, 1.165) is 30.1 Å². The highest BCUT2D eigenvalue weighted by atomic mass is 32.1. The lowest BCUT2D eigenvalue weighted by atomic mass is 9.95. The van der Waals surface area contributed by atoms with Crippen LogP contribution >= 0.6 is 11.5 Å². The van der Waals surface area contributed by atoms with Crippen molar-refractivity contribution >= 4 is 17.4 Å². The van der Waals surface area contributed by atoms with E-state index in [1.54, 1.807) is 11.8 Å². The molecule has 1 N–H and O–H groups in total. The van der Waals surface area contributed by atoms with Gasteiger partial charge in [0.05, 0.1) is 11.3 Å². The molecule has 1 fully saturated rings. The molecule has 0 aliphatic carbocycles. The van der Waals surface area contributed by atoms with Crippen molar-refractivity contribution in [3.05, 3.63) is 10.6 Å². The number of amides is 1. The van der Waals surface area contributed by atoms with Gasteiger partial charge in [0, 0.05) is 13.1 Å². The predicted molar refractivity (Wildman–Crippen MR) is 65.0 cm³/mol. The fraction of sp³-hybridized carbons (Fsp3) is 0.727. The summed E-state index contributed by atoms with van der Waals surface area (Å²) >= 11 is 1.14. The topological polar surface area (TPSA) is 66.3 Å². The Morgan fingerprint density at radius 3 is 3.06 bits per heavy atom. The number of hydrogen-bond acceptors (Lipinski definition) is 5. The normalized spacial score (nSPS) is 25.0. The van der Waals surface area contributed by atoms with Gasteiger partial charge >= 0.3 is 0 Å². The summed E-state index contributed by atoms with van der Waals surface area (Å²) in [4.78, 5) is 14.6. The van der Waals surface area contributed by atoms with Crippen molar-refractivity contribution in [2.75, 3.05) is 13.1 Å². The lowest BCUT2D eigenvalue weighted by molar-refractivity contribution is -0.0106. The Kier molecular flexibility index (Phi) is 3.44. The molecular formula is C11H17N3O2S. The third-order valence-electron chi connectivity index (χ3n) is 3.05. The number of carbonyl (C=O) groups is 1. The van der Waals surface area contributed by atoms with Crippen LogP contribution < -0.4 is 0 Å². The Bertz CT molecular complexity index is 417. The quantitative estimate of drug-likeness (QED) is 0.859. The van der Waals surface area contributed by atoms with E-state index >= 15 is 0 Å². The predicted octanol–water partition coefficient (Wildman–Crippen LogP) is 1.09. The van der Waals surface area contributed by atoms with Crippen LogP contribution in [0.15, 0.2) is 0 Å². The Hall–Kier alpha value is -1.01. The molecule has 1 aromatic rings. The summed E-state index contributed by atoms with van der Waals surface area (Å²) in [7, 11) is 0. The van der Waals surface area contributed by atoms with Gasteiger partial charge in [-0.15, -0.1) is 5.10 Å². The minimum atomic E-state index is -0.765. The third kappa shape index (κ3) is 2.63. The highest BCUT2D eigenvalue weighted by Crippen LogP contribution is 2.23. The standard InChI is InChI=1S/C11H17N3O2S/c1-3-8-9(17-13-12-8)10(15)14-6-4-5-11(2,16)7-14/h16H,3-7H2,1-2H3. The molecule has 0 aromatic carbocycles. The molecule has 1 amide bonds. The first-order valence-corrected chi connectivity index (χ1v) is 6.64. The van der Waals surface area contributed by atoms with E-state index in [9.17, 15) is 9.90 Å². The smallest absolute Gasteiger partial charge is 0.267 e. The molecule has 0 saturated carbocycles. The summed E-state index contributed by atoms with van der Waals surface area (Å²) in [5, 5.41) is 13.9. The van der Waals surface area contributed by atoms with Crippen LogP contribution in [0, 0.1) is 0 Å². The van der Waals surface area contributed by atoms with Crippen LogP contribution in [0.5, 0.6) is 0 Å². The molecule has 17 heavy (non-hydrogen) atoms. The van der Waals surface area contributed by atoms with Crippen LogP contribution in [0.4, 0.5) is 0 Å². The Balaban J connectivity index is 2.15. The van der Waals surface area contributed by atoms with E-state index in [0.29, 0.717) is 24.4 Å². The zero-order valence-corrected chi connectivity index (χ0v) is 11.0. The molecular weight excluding hydrogens is 238 g/mol. The minimum absolute atomic E-state index is 0.0446. The Morgan fingerprint density at radius 1 is 1.65 bits per heavy atom. The maximum Gasteiger partial charge on any atom is 0.267 e. The van der Waals surface area contributed by atoms with Gasteiger partial charge in [0.2, 0.25) is 0 Å². The number of rotatable bonds is 2. The van der Waals surface area contributed by atoms with Gasteiger partial charge in [0.25, 0.3) is 5.91 Å². The first kappa shape index (κ1) is 12.4. The van der Waals surface area contributed by atoms with Gasteiger partial charge in [-0.2, -0.15) is 0 Å². The first-order valence-electron chi connectivity index (χ1n) is 5.86. The SMILES string of the molecule is CCc1nnsc1C(=O)N1CCCC(C)(O)C1. The maximum atomic E-state index is 12.3. The summed E-state index contributed by atoms with van der Waals surface area (Å²) in [6.45, 7) is 4.83. The fourth-order valence-electron chi connectivity index (χ4n) is 2.14. The number of aromatic nitrogens is 2. The van der Waals surface area contributed by atoms with Crippen LogP contribution in [0.3, 0.4) is 0 Å². The molecule has 1 aromatic heterocycles. The number of nitrogens with zero attached hydrogens (tertiary/aromatic N) is 3. The molecule has 1 aliphatic rings. The van der Waals surface area contributed by atoms with Crippen LogP contribution in [0.2, 0.25) is 0 Å². The van der Waals surface area contributed by atoms with Crippen LogP contribution in [-0.4, -0.2) is 44.2 Å². The van der Waals surface area contributed by atoms with Crippen LogP contribution in [-0.2, 0) is 6.42 Å². The number of likely N-dealkylation sites (tertiary alicyclic amines) is 1. The largest absolute Gasteiger partial charge is 0.388 e. The highest BCUT2D eigenvalue weighted by Gasteiger charge is 2.32. The Morgan fingerprint density at radius 2 is 2.41 bits per heavy atom. The zero-order valence-electron chi connectivity index (χ0n) is 10.1. The van der Waals surface area contributed by atoms with E-state index in [4.69, 9.17) is 0 Å². The molecule has 1 saturated heterocycles. The second kappa shape index (κ2) is 4.70. The molecule has 6 heteroatoms. The molecule has 0 bridgehead atoms. The number of aliphatic hydroxyl groups is 1. The Labute approximate surface area is 105 Å². The van der Waals surface area contributed by atoms with Gasteiger partial charge in [-0.1, -0.05) is 11.4 Å². The highest BCUT2D eigenvalue weighted by molar-refractivity contribution is 7.08. The van der Waals surface area contributed by atoms with E-state index < -0.39 is 5.60 Å². The molecule has 1 unspecified atom stereocenters. The average molecular weight is 255 g/mol. The number of β-amino-alcohol motifs (C(OH)–C–C–N with tert-alkyl or cyclic N) is 1. The molecule has 2 rings (SSSR count). The molecule has 1 aliphatic heterocycles. The van der Waals surface area contributed by atoms with E-state index in [1.807, 2.05) is 6.92 Å². The second-order valence-corrected chi connectivity index (χ2v) is 5.48. The van der Waals surface area contributed by atoms with Gasteiger partial charge in [0.15, 0.2) is 0 Å². The van der Waals surface area contributed by atoms with E-state index in [2.05, 4.69) is 9.59 Å². The van der Waals surface area contributed by atoms with Crippen molar-refractivity contribution in [3.63, 3.8) is 0 Å². The van der Waals surface area contributed by atoms with Gasteiger partial charge in [-0.25, -0.2) is 0 Å². The van der Waals surface area contributed by atoms with Crippen molar-refractivity contribution < 1.29 is 9.90 Å². The molecule has 5 nitrogen and oxygen atoms in total. The van der Waals surface area contributed by atoms with Crippen molar-refractivity contribution in [1.29, 1.82) is 0 Å². The minimum Gasteiger partial charge on any atom is -0.388 e. The summed E-state index contributed by atoms with van der Waals surface area (Å²) in [6.07, 6.45) is 2.30. The third-order valence-corrected chi connectivity index (χ3v) is 3.80. The summed E-state index contributed by atoms with van der Waals surface area (Å²) in [5.74, 6) is -0.0446. The summed E-state index contributed by atoms with van der Waals surface area (Å²) < 4.78 is 3.83. The maximum absolute atomic E-state index is 12.3. The molecule has 0 radical (unpaired) electrons. The monoisotopic (exact) mass is 255 g/mol. The van der Waals surface area contributed by atoms with E-state index in [1.165, 1.54) is 0 Å². The zero-order chi connectivity index (χ0) is 12.5. The van der Waals surface area contributed by atoms with Crippen molar-refractivity contribution in [2.45, 2.75) is 38.7 Å². The van der Waals surface area contributed by atoms with Crippen LogP contribution in [0.1, 0.15) is 42.1 Å². The van der Waals surface area contributed by atoms with Crippen molar-refractivity contribution in [3.8, 4) is 0 Å². The van der Waals surface area contributed by atoms with Gasteiger partial charge < -0.3 is 10.0 Å². The van der Waals surface area contributed by atoms with Crippen molar-refractivity contribution in [2.24, 2.45) is 0 Å². The van der Waals surface area contributed by atoms with Gasteiger partial charge in [-0.05, 0) is 37.7 Å². The number of piperidine rings is 1. The fourth-order valence-corrected chi connectivity index (χ4v) is 2.86. The number of carbonyl (C=O) groups excluding carboxylic acids is 1. The lowest BCUT2D eigenvalue weighted by Gasteiger charge is -2.36. The summed E-state index contributed by atoms with van der Waals surface area (Å²) in [6, 6.07) is 0. The second-order valence-electron chi connectivity index (χ2n) is 4.73. The number of hydrogen-bond donors (Lipinski definition) is 1. The molecule has 2 heterocycles. The lowest BCUT2D eigenvalue weighted by Crippen LogP contribution is -2.48. The van der Waals surface area contributed by atoms with Gasteiger partial charge in [0.1, 0.15) is 4.88 Å². The van der Waals surface area contributed by atoms with Gasteiger partial charge in [-0.3, -0.25) is 4.79 Å². The molecule has 1 atom stereocenters.